The van der Waals surface area contributed by atoms with Gasteiger partial charge in [-0.05, 0) is 36.2 Å². The molecule has 242 valence electrons. The Morgan fingerprint density at radius 3 is 1.67 bits per heavy atom. The van der Waals surface area contributed by atoms with Crippen molar-refractivity contribution in [3.05, 3.63) is 106 Å². The molecule has 1 atom stereocenters. The van der Waals surface area contributed by atoms with Crippen molar-refractivity contribution in [2.45, 2.75) is 13.0 Å². The number of hydrogen-bond acceptors (Lipinski definition) is 5. The number of benzene rings is 4. The molecule has 0 saturated carbocycles. The number of fused-ring (bicyclic) bond motifs is 6. The highest BCUT2D eigenvalue weighted by molar-refractivity contribution is 6.24. The van der Waals surface area contributed by atoms with Crippen LogP contribution in [0, 0.1) is 81.0 Å². The van der Waals surface area contributed by atoms with Gasteiger partial charge in [0.2, 0.25) is 17.8 Å². The van der Waals surface area contributed by atoms with Gasteiger partial charge in [-0.2, -0.15) is 15.5 Å². The van der Waals surface area contributed by atoms with Crippen molar-refractivity contribution in [1.82, 2.24) is 14.5 Å². The number of aromatic nitrogens is 3. The van der Waals surface area contributed by atoms with Crippen LogP contribution in [0.4, 0.5) is 43.9 Å². The lowest BCUT2D eigenvalue weighted by atomic mass is 9.98. The highest BCUT2D eigenvalue weighted by Crippen LogP contribution is 2.43. The lowest BCUT2D eigenvalue weighted by molar-refractivity contribution is 0.381. The molecule has 0 bridgehead atoms. The van der Waals surface area contributed by atoms with Gasteiger partial charge in [0.1, 0.15) is 28.7 Å². The molecule has 6 aromatic rings. The van der Waals surface area contributed by atoms with Crippen LogP contribution in [0.5, 0.6) is 0 Å². The van der Waals surface area contributed by atoms with E-state index in [1.165, 1.54) is 23.6 Å². The van der Waals surface area contributed by atoms with Gasteiger partial charge in [-0.25, -0.2) is 53.9 Å². The third-order valence-electron chi connectivity index (χ3n) is 8.11. The van der Waals surface area contributed by atoms with E-state index < -0.39 is 86.5 Å². The van der Waals surface area contributed by atoms with E-state index in [1.807, 2.05) is 6.07 Å². The van der Waals surface area contributed by atoms with Crippen LogP contribution in [0.2, 0.25) is 0 Å². The molecule has 16 heteroatoms. The van der Waals surface area contributed by atoms with Crippen LogP contribution in [0.25, 0.3) is 55.6 Å². The topological polar surface area (TPSA) is 90.7 Å². The third kappa shape index (κ3) is 4.23. The number of halogens is 10. The van der Waals surface area contributed by atoms with Crippen LogP contribution < -0.4 is 0 Å². The van der Waals surface area contributed by atoms with Crippen molar-refractivity contribution < 1.29 is 43.9 Å². The zero-order chi connectivity index (χ0) is 35.2. The number of nitrogens with zero attached hydrogens (tertiary/aromatic N) is 6. The molecule has 0 aliphatic heterocycles. The van der Waals surface area contributed by atoms with E-state index in [0.29, 0.717) is 0 Å². The maximum atomic E-state index is 14.7. The van der Waals surface area contributed by atoms with Gasteiger partial charge in [-0.3, -0.25) is 0 Å². The molecule has 4 aromatic carbocycles. The minimum Gasteiger partial charge on any atom is -0.308 e. The van der Waals surface area contributed by atoms with Gasteiger partial charge in [0, 0.05) is 16.5 Å². The lowest BCUT2D eigenvalue weighted by Gasteiger charge is -2.11. The number of aliphatic imine (C=N–C) groups is 1. The minimum atomic E-state index is -2.35. The van der Waals surface area contributed by atoms with Crippen LogP contribution >= 0.6 is 0 Å². The Labute approximate surface area is 266 Å². The summed E-state index contributed by atoms with van der Waals surface area (Å²) in [6.45, 7) is 1.42. The highest BCUT2D eigenvalue weighted by atomic mass is 19.2. The van der Waals surface area contributed by atoms with Gasteiger partial charge in [0.05, 0.1) is 22.7 Å². The van der Waals surface area contributed by atoms with E-state index in [-0.39, 0.29) is 50.3 Å². The number of hydrogen-bond donors (Lipinski definition) is 0. The molecule has 0 N–H and O–H groups in total. The van der Waals surface area contributed by atoms with Gasteiger partial charge in [-0.1, -0.05) is 18.2 Å². The van der Waals surface area contributed by atoms with E-state index in [9.17, 15) is 54.4 Å². The molecule has 1 unspecified atom stereocenters. The van der Waals surface area contributed by atoms with Crippen LogP contribution in [-0.2, 0) is 0 Å². The Bertz CT molecular complexity index is 2560. The van der Waals surface area contributed by atoms with Crippen LogP contribution in [0.15, 0.2) is 41.4 Å². The fourth-order valence-corrected chi connectivity index (χ4v) is 5.89. The zero-order valence-corrected chi connectivity index (χ0v) is 24.0. The van der Waals surface area contributed by atoms with E-state index in [4.69, 9.17) is 0 Å². The van der Waals surface area contributed by atoms with Crippen molar-refractivity contribution in [1.29, 1.82) is 10.5 Å². The summed E-state index contributed by atoms with van der Waals surface area (Å²) in [5.74, 6) is -21.7. The quantitative estimate of drug-likeness (QED) is 0.0809. The summed E-state index contributed by atoms with van der Waals surface area (Å²) in [4.78, 5) is 13.0. The first-order valence-electron chi connectivity index (χ1n) is 13.7. The Kier molecular flexibility index (Phi) is 6.95. The molecule has 1 aliphatic carbocycles. The molecule has 0 saturated heterocycles. The second kappa shape index (κ2) is 10.9. The molecule has 0 radical (unpaired) electrons. The molecular formula is C33H10F10N6. The average Bonchev–Trinajstić information content (AvgIpc) is 3.58. The molecule has 7 rings (SSSR count). The van der Waals surface area contributed by atoms with Gasteiger partial charge in [0.25, 0.3) is 0 Å². The summed E-state index contributed by atoms with van der Waals surface area (Å²) in [5.41, 5.74) is -3.34. The fraction of sp³-hybridized carbons (Fsp3) is 0.0606. The van der Waals surface area contributed by atoms with E-state index in [1.54, 1.807) is 6.19 Å². The Morgan fingerprint density at radius 2 is 1.14 bits per heavy atom. The van der Waals surface area contributed by atoms with E-state index >= 15 is 0 Å². The Morgan fingerprint density at radius 1 is 0.633 bits per heavy atom. The van der Waals surface area contributed by atoms with Gasteiger partial charge in [0.15, 0.2) is 52.2 Å². The molecule has 49 heavy (non-hydrogen) atoms. The first kappa shape index (κ1) is 31.3. The average molecular weight is 680 g/mol. The van der Waals surface area contributed by atoms with Crippen LogP contribution in [0.1, 0.15) is 24.2 Å². The molecule has 6 nitrogen and oxygen atoms in total. The van der Waals surface area contributed by atoms with Crippen LogP contribution in [0.3, 0.4) is 0 Å². The van der Waals surface area contributed by atoms with Gasteiger partial charge in [-0.15, -0.1) is 0 Å². The van der Waals surface area contributed by atoms with Crippen molar-refractivity contribution in [2.75, 3.05) is 0 Å². The van der Waals surface area contributed by atoms with Gasteiger partial charge < -0.3 is 4.57 Å². The maximum absolute atomic E-state index is 14.7. The number of nitriles is 2. The molecule has 2 aromatic heterocycles. The van der Waals surface area contributed by atoms with Crippen molar-refractivity contribution in [2.24, 2.45) is 4.99 Å². The zero-order valence-electron chi connectivity index (χ0n) is 24.0. The fourth-order valence-electron chi connectivity index (χ4n) is 5.89. The Hall–Kier alpha value is -6.29. The summed E-state index contributed by atoms with van der Waals surface area (Å²) in [7, 11) is 0. The summed E-state index contributed by atoms with van der Waals surface area (Å²) < 4.78 is 144. The molecule has 2 heterocycles. The maximum Gasteiger partial charge on any atom is 0.206 e. The van der Waals surface area contributed by atoms with Crippen molar-refractivity contribution in [3.8, 4) is 45.8 Å². The monoisotopic (exact) mass is 680 g/mol. The second-order valence-corrected chi connectivity index (χ2v) is 10.7. The molecule has 0 spiro atoms. The predicted molar refractivity (Wildman–Crippen MR) is 152 cm³/mol. The molecular weight excluding hydrogens is 670 g/mol. The standard InChI is InChI=1S/C33H10F10N6/c1-10(8-44)49-16-7-12(18-21(36)25(40)28(43)26(41)22(18)37)3-5-14(16)31-33(49)48-30-13-4-2-11(6-15(13)29(46-9-45)32(30)47-31)17-19(34)23(38)27(42)24(39)20(17)35/h2-7,10H,1H3/b46-29+. The molecule has 0 amide bonds. The minimum absolute atomic E-state index is 0.00893. The molecule has 0 fully saturated rings. The molecule has 1 aliphatic rings. The largest absolute Gasteiger partial charge is 0.308 e. The Balaban J connectivity index is 1.49. The summed E-state index contributed by atoms with van der Waals surface area (Å²) >= 11 is 0. The van der Waals surface area contributed by atoms with Crippen LogP contribution in [-0.4, -0.2) is 20.2 Å². The second-order valence-electron chi connectivity index (χ2n) is 10.7. The first-order valence-corrected chi connectivity index (χ1v) is 13.7. The first-order chi connectivity index (χ1) is 23.3. The van der Waals surface area contributed by atoms with Crippen molar-refractivity contribution in [3.63, 3.8) is 0 Å². The summed E-state index contributed by atoms with van der Waals surface area (Å²) in [6.07, 6.45) is 1.56. The number of rotatable bonds is 3. The SMILES string of the molecule is CC(C#N)n1c2cc(-c3c(F)c(F)c(F)c(F)c3F)ccc2c2nc3c(nc21)-c1ccc(-c2c(F)c(F)c(F)c(F)c2F)cc1/C3=N\C#N. The smallest absolute Gasteiger partial charge is 0.206 e. The van der Waals surface area contributed by atoms with Gasteiger partial charge >= 0.3 is 0 Å². The lowest BCUT2D eigenvalue weighted by Crippen LogP contribution is -2.06. The summed E-state index contributed by atoms with van der Waals surface area (Å²) in [5, 5.41) is 19.5. The highest BCUT2D eigenvalue weighted by Gasteiger charge is 2.34. The predicted octanol–water partition coefficient (Wildman–Crippen LogP) is 8.69. The van der Waals surface area contributed by atoms with E-state index in [0.717, 1.165) is 24.3 Å². The third-order valence-corrected chi connectivity index (χ3v) is 8.11. The van der Waals surface area contributed by atoms with Crippen molar-refractivity contribution >= 4 is 27.8 Å². The normalized spacial score (nSPS) is 13.5. The summed E-state index contributed by atoms with van der Waals surface area (Å²) in [6, 6.07) is 7.62. The van der Waals surface area contributed by atoms with E-state index in [2.05, 4.69) is 15.0 Å².